The van der Waals surface area contributed by atoms with Gasteiger partial charge in [0.15, 0.2) is 5.82 Å². The molecule has 27 heavy (non-hydrogen) atoms. The second-order valence-electron chi connectivity index (χ2n) is 6.25. The number of aromatic nitrogens is 3. The molecule has 6 nitrogen and oxygen atoms in total. The molecule has 0 saturated heterocycles. The molecule has 0 atom stereocenters. The molecule has 3 rings (SSSR count). The minimum Gasteiger partial charge on any atom is -0.486 e. The number of nitrogens with one attached hydrogen (secondary N) is 2. The fraction of sp³-hybridized carbons (Fsp3) is 0.250. The summed E-state index contributed by atoms with van der Waals surface area (Å²) in [5.41, 5.74) is 4.24. The molecule has 2 N–H and O–H groups in total. The first-order valence-corrected chi connectivity index (χ1v) is 9.59. The van der Waals surface area contributed by atoms with Crippen LogP contribution in [0.2, 0.25) is 0 Å². The fourth-order valence-electron chi connectivity index (χ4n) is 2.40. The van der Waals surface area contributed by atoms with E-state index in [1.165, 1.54) is 17.3 Å². The molecule has 0 saturated carbocycles. The van der Waals surface area contributed by atoms with E-state index >= 15 is 0 Å². The Morgan fingerprint density at radius 3 is 2.70 bits per heavy atom. The summed E-state index contributed by atoms with van der Waals surface area (Å²) in [7, 11) is 0. The van der Waals surface area contributed by atoms with Crippen molar-refractivity contribution in [1.82, 2.24) is 15.2 Å². The van der Waals surface area contributed by atoms with Gasteiger partial charge in [-0.2, -0.15) is 0 Å². The summed E-state index contributed by atoms with van der Waals surface area (Å²) in [6, 6.07) is 13.7. The Morgan fingerprint density at radius 1 is 1.15 bits per heavy atom. The number of amides is 1. The molecule has 0 unspecified atom stereocenters. The third kappa shape index (κ3) is 5.34. The average Bonchev–Trinajstić information content (AvgIpc) is 3.11. The predicted molar refractivity (Wildman–Crippen MR) is 107 cm³/mol. The van der Waals surface area contributed by atoms with Crippen LogP contribution in [0, 0.1) is 20.8 Å². The van der Waals surface area contributed by atoms with Gasteiger partial charge >= 0.3 is 0 Å². The van der Waals surface area contributed by atoms with E-state index in [1.54, 1.807) is 0 Å². The zero-order valence-corrected chi connectivity index (χ0v) is 16.4. The van der Waals surface area contributed by atoms with E-state index < -0.39 is 0 Å². The summed E-state index contributed by atoms with van der Waals surface area (Å²) in [4.78, 5) is 16.5. The lowest BCUT2D eigenvalue weighted by atomic mass is 10.1. The number of hydrogen-bond donors (Lipinski definition) is 2. The third-order valence-electron chi connectivity index (χ3n) is 4.12. The first-order chi connectivity index (χ1) is 13.0. The number of carbonyl (C=O) groups is 1. The molecule has 0 spiro atoms. The maximum absolute atomic E-state index is 12.2. The molecule has 2 aromatic carbocycles. The number of anilines is 1. The number of ether oxygens (including phenoxy) is 1. The van der Waals surface area contributed by atoms with Crippen LogP contribution < -0.4 is 10.1 Å². The maximum Gasteiger partial charge on any atom is 0.234 e. The molecule has 1 aromatic heterocycles. The number of nitrogens with zero attached hydrogens (tertiary/aromatic N) is 2. The molecule has 0 radical (unpaired) electrons. The van der Waals surface area contributed by atoms with E-state index in [4.69, 9.17) is 4.74 Å². The van der Waals surface area contributed by atoms with Gasteiger partial charge in [0.2, 0.25) is 11.1 Å². The number of aryl methyl sites for hydroxylation is 2. The average molecular weight is 382 g/mol. The largest absolute Gasteiger partial charge is 0.486 e. The molecule has 3 aromatic rings. The molecule has 0 aliphatic heterocycles. The summed E-state index contributed by atoms with van der Waals surface area (Å²) >= 11 is 1.28. The Labute approximate surface area is 162 Å². The quantitative estimate of drug-likeness (QED) is 0.603. The molecule has 0 aliphatic carbocycles. The number of carbonyl (C=O) groups excluding carboxylic acids is 1. The van der Waals surface area contributed by atoms with Crippen LogP contribution in [-0.2, 0) is 11.4 Å². The lowest BCUT2D eigenvalue weighted by molar-refractivity contribution is -0.113. The second-order valence-corrected chi connectivity index (χ2v) is 7.19. The van der Waals surface area contributed by atoms with Crippen molar-refractivity contribution in [3.8, 4) is 5.75 Å². The lowest BCUT2D eigenvalue weighted by Crippen LogP contribution is -2.15. The van der Waals surface area contributed by atoms with E-state index in [-0.39, 0.29) is 11.7 Å². The Bertz CT molecular complexity index is 922. The smallest absolute Gasteiger partial charge is 0.234 e. The number of rotatable bonds is 7. The Morgan fingerprint density at radius 2 is 1.93 bits per heavy atom. The minimum absolute atomic E-state index is 0.0871. The normalized spacial score (nSPS) is 10.6. The number of hydrogen-bond acceptors (Lipinski definition) is 5. The highest BCUT2D eigenvalue weighted by atomic mass is 32.2. The predicted octanol–water partition coefficient (Wildman–Crippen LogP) is 4.04. The topological polar surface area (TPSA) is 79.9 Å². The van der Waals surface area contributed by atoms with Gasteiger partial charge in [-0.1, -0.05) is 41.6 Å². The van der Waals surface area contributed by atoms with Gasteiger partial charge in [0, 0.05) is 5.69 Å². The van der Waals surface area contributed by atoms with E-state index in [0.717, 1.165) is 22.6 Å². The first-order valence-electron chi connectivity index (χ1n) is 8.61. The van der Waals surface area contributed by atoms with Crippen molar-refractivity contribution >= 4 is 23.4 Å². The molecule has 0 fully saturated rings. The molecule has 0 aliphatic rings. The van der Waals surface area contributed by atoms with Crippen molar-refractivity contribution in [3.63, 3.8) is 0 Å². The molecule has 0 bridgehead atoms. The van der Waals surface area contributed by atoms with Gasteiger partial charge in [-0.05, 0) is 50.1 Å². The molecule has 7 heteroatoms. The fourth-order valence-corrected chi connectivity index (χ4v) is 3.01. The van der Waals surface area contributed by atoms with Crippen LogP contribution in [0.1, 0.15) is 22.5 Å². The first kappa shape index (κ1) is 19.0. The van der Waals surface area contributed by atoms with Gasteiger partial charge in [0.25, 0.3) is 0 Å². The SMILES string of the molecule is Cc1ccc(OCc2nc(SCC(=O)Nc3cccc(C)c3C)n[nH]2)cc1. The van der Waals surface area contributed by atoms with Crippen LogP contribution in [0.3, 0.4) is 0 Å². The van der Waals surface area contributed by atoms with Crippen LogP contribution in [0.25, 0.3) is 0 Å². The zero-order chi connectivity index (χ0) is 19.2. The van der Waals surface area contributed by atoms with Gasteiger partial charge in [-0.15, -0.1) is 5.10 Å². The molecule has 140 valence electrons. The highest BCUT2D eigenvalue weighted by molar-refractivity contribution is 7.99. The molecule has 1 heterocycles. The van der Waals surface area contributed by atoms with Crippen molar-refractivity contribution in [2.24, 2.45) is 0 Å². The van der Waals surface area contributed by atoms with Crippen LogP contribution in [0.5, 0.6) is 5.75 Å². The van der Waals surface area contributed by atoms with Gasteiger partial charge in [-0.3, -0.25) is 9.89 Å². The number of thioether (sulfide) groups is 1. The van der Waals surface area contributed by atoms with Crippen molar-refractivity contribution < 1.29 is 9.53 Å². The Hall–Kier alpha value is -2.80. The highest BCUT2D eigenvalue weighted by Crippen LogP contribution is 2.19. The Balaban J connectivity index is 1.48. The second kappa shape index (κ2) is 8.73. The van der Waals surface area contributed by atoms with E-state index in [0.29, 0.717) is 17.6 Å². The highest BCUT2D eigenvalue weighted by Gasteiger charge is 2.10. The maximum atomic E-state index is 12.2. The molecular weight excluding hydrogens is 360 g/mol. The monoisotopic (exact) mass is 382 g/mol. The summed E-state index contributed by atoms with van der Waals surface area (Å²) in [5, 5.41) is 10.4. The standard InChI is InChI=1S/C20H22N4O2S/c1-13-7-9-16(10-8-13)26-11-18-22-20(24-23-18)27-12-19(25)21-17-6-4-5-14(2)15(17)3/h4-10H,11-12H2,1-3H3,(H,21,25)(H,22,23,24). The summed E-state index contributed by atoms with van der Waals surface area (Å²) in [5.74, 6) is 1.55. The lowest BCUT2D eigenvalue weighted by Gasteiger charge is -2.09. The van der Waals surface area contributed by atoms with Crippen molar-refractivity contribution in [3.05, 3.63) is 65.0 Å². The Kier molecular flexibility index (Phi) is 6.13. The van der Waals surface area contributed by atoms with Crippen molar-refractivity contribution in [2.45, 2.75) is 32.5 Å². The number of H-pyrrole nitrogens is 1. The van der Waals surface area contributed by atoms with Crippen molar-refractivity contribution in [1.29, 1.82) is 0 Å². The summed E-state index contributed by atoms with van der Waals surface area (Å²) in [6.45, 7) is 6.34. The van der Waals surface area contributed by atoms with E-state index in [2.05, 4.69) is 20.5 Å². The number of aromatic amines is 1. The van der Waals surface area contributed by atoms with Gasteiger partial charge < -0.3 is 10.1 Å². The molecule has 1 amide bonds. The van der Waals surface area contributed by atoms with Crippen molar-refractivity contribution in [2.75, 3.05) is 11.1 Å². The zero-order valence-electron chi connectivity index (χ0n) is 15.6. The van der Waals surface area contributed by atoms with Crippen LogP contribution in [0.4, 0.5) is 5.69 Å². The summed E-state index contributed by atoms with van der Waals surface area (Å²) in [6.07, 6.45) is 0. The van der Waals surface area contributed by atoms with Crippen LogP contribution in [0.15, 0.2) is 47.6 Å². The minimum atomic E-state index is -0.0871. The van der Waals surface area contributed by atoms with E-state index in [9.17, 15) is 4.79 Å². The third-order valence-corrected chi connectivity index (χ3v) is 4.97. The van der Waals surface area contributed by atoms with E-state index in [1.807, 2.05) is 63.2 Å². The summed E-state index contributed by atoms with van der Waals surface area (Å²) < 4.78 is 5.67. The van der Waals surface area contributed by atoms with Gasteiger partial charge in [-0.25, -0.2) is 4.98 Å². The van der Waals surface area contributed by atoms with Crippen LogP contribution >= 0.6 is 11.8 Å². The van der Waals surface area contributed by atoms with Gasteiger partial charge in [0.1, 0.15) is 12.4 Å². The molecular formula is C20H22N4O2S. The number of benzene rings is 2. The van der Waals surface area contributed by atoms with Crippen LogP contribution in [-0.4, -0.2) is 26.8 Å². The van der Waals surface area contributed by atoms with Gasteiger partial charge in [0.05, 0.1) is 5.75 Å².